The van der Waals surface area contributed by atoms with Gasteiger partial charge in [-0.15, -0.1) is 0 Å². The van der Waals surface area contributed by atoms with Gasteiger partial charge >= 0.3 is 0 Å². The molecule has 0 radical (unpaired) electrons. The van der Waals surface area contributed by atoms with Gasteiger partial charge in [-0.2, -0.15) is 10.1 Å². The molecule has 2 saturated heterocycles. The van der Waals surface area contributed by atoms with Gasteiger partial charge < -0.3 is 24.7 Å². The highest BCUT2D eigenvalue weighted by molar-refractivity contribution is 6.35. The van der Waals surface area contributed by atoms with E-state index >= 15 is 8.78 Å². The van der Waals surface area contributed by atoms with Gasteiger partial charge in [0.25, 0.3) is 0 Å². The zero-order valence-electron chi connectivity index (χ0n) is 24.4. The minimum Gasteiger partial charge on any atom is -0.390 e. The molecule has 0 bridgehead atoms. The molecule has 4 aromatic rings. The highest BCUT2D eigenvalue weighted by Gasteiger charge is 2.37. The van der Waals surface area contributed by atoms with E-state index in [4.69, 9.17) is 16.6 Å². The number of aliphatic hydroxyl groups is 1. The van der Waals surface area contributed by atoms with Crippen molar-refractivity contribution in [1.29, 1.82) is 0 Å². The highest BCUT2D eigenvalue weighted by atomic mass is 35.5. The van der Waals surface area contributed by atoms with Crippen LogP contribution in [-0.2, 0) is 11.4 Å². The molecule has 2 atom stereocenters. The second-order valence-corrected chi connectivity index (χ2v) is 11.9. The minimum atomic E-state index is -1.60. The number of H-pyrrole nitrogens is 1. The van der Waals surface area contributed by atoms with Crippen molar-refractivity contribution in [2.45, 2.75) is 38.8 Å². The first kappa shape index (κ1) is 29.2. The average molecular weight is 611 g/mol. The number of carbonyl (C=O) groups is 1. The van der Waals surface area contributed by atoms with Gasteiger partial charge in [-0.1, -0.05) is 24.2 Å². The fraction of sp³-hybridized carbons (Fsp3) is 0.400. The van der Waals surface area contributed by atoms with Crippen LogP contribution in [0, 0.1) is 12.7 Å². The van der Waals surface area contributed by atoms with Crippen molar-refractivity contribution in [2.75, 3.05) is 50.1 Å². The van der Waals surface area contributed by atoms with Crippen molar-refractivity contribution < 1.29 is 18.7 Å². The van der Waals surface area contributed by atoms with E-state index in [-0.39, 0.29) is 70.9 Å². The molecule has 2 aromatic heterocycles. The van der Waals surface area contributed by atoms with Crippen LogP contribution in [0.15, 0.2) is 30.9 Å². The summed E-state index contributed by atoms with van der Waals surface area (Å²) >= 11 is 6.85. The number of amides is 1. The molecule has 0 unspecified atom stereocenters. The normalized spacial score (nSPS) is 19.5. The van der Waals surface area contributed by atoms with Crippen LogP contribution in [0.3, 0.4) is 0 Å². The lowest BCUT2D eigenvalue weighted by molar-refractivity contribution is -0.129. The van der Waals surface area contributed by atoms with E-state index in [2.05, 4.69) is 26.7 Å². The summed E-state index contributed by atoms with van der Waals surface area (Å²) in [5.41, 5.74) is 2.33. The maximum Gasteiger partial charge on any atom is 0.246 e. The molecule has 2 aliphatic heterocycles. The third-order valence-electron chi connectivity index (χ3n) is 8.55. The highest BCUT2D eigenvalue weighted by Crippen LogP contribution is 2.44. The third kappa shape index (κ3) is 4.77. The van der Waals surface area contributed by atoms with Gasteiger partial charge in [-0.05, 0) is 51.7 Å². The van der Waals surface area contributed by atoms with Crippen LogP contribution < -0.4 is 9.80 Å². The quantitative estimate of drug-likeness (QED) is 0.249. The van der Waals surface area contributed by atoms with E-state index in [9.17, 15) is 9.90 Å². The molecule has 2 N–H and O–H groups in total. The molecule has 1 amide bonds. The number of hydrogen-bond donors (Lipinski definition) is 2. The van der Waals surface area contributed by atoms with Crippen molar-refractivity contribution in [3.63, 3.8) is 0 Å². The number of hydrogen-bond acceptors (Lipinski definition) is 8. The van der Waals surface area contributed by atoms with Crippen molar-refractivity contribution in [2.24, 2.45) is 0 Å². The second-order valence-electron chi connectivity index (χ2n) is 11.5. The lowest BCUT2D eigenvalue weighted by Gasteiger charge is -2.44. The van der Waals surface area contributed by atoms with Crippen molar-refractivity contribution in [1.82, 2.24) is 30.0 Å². The van der Waals surface area contributed by atoms with Crippen molar-refractivity contribution >= 4 is 51.1 Å². The Morgan fingerprint density at radius 3 is 2.65 bits per heavy atom. The van der Waals surface area contributed by atoms with Crippen LogP contribution in [0.2, 0.25) is 5.02 Å². The summed E-state index contributed by atoms with van der Waals surface area (Å²) in [7, 11) is 3.97. The SMILES string of the molecule is C=CC(=O)N1C[C@H](F)N(c2nc(N3CC(N(C)C)C3)nc3c(F)c(-c4c(C)ccc5n[nH]c(CO)c45)c(Cl)cc23)C[C@H]1C. The number of alkyl halides is 1. The molecule has 0 spiro atoms. The van der Waals surface area contributed by atoms with Gasteiger partial charge in [0, 0.05) is 53.6 Å². The molecule has 4 heterocycles. The molecule has 2 fully saturated rings. The zero-order valence-corrected chi connectivity index (χ0v) is 25.2. The van der Waals surface area contributed by atoms with Crippen LogP contribution in [0.25, 0.3) is 32.9 Å². The number of likely N-dealkylation sites (N-methyl/N-ethyl adjacent to an activating group) is 1. The Balaban J connectivity index is 1.56. The molecule has 6 rings (SSSR count). The van der Waals surface area contributed by atoms with Crippen LogP contribution >= 0.6 is 11.6 Å². The molecular weight excluding hydrogens is 578 g/mol. The number of aryl methyl sites for hydroxylation is 1. The summed E-state index contributed by atoms with van der Waals surface area (Å²) in [4.78, 5) is 28.7. The number of halogens is 3. The molecule has 0 aliphatic carbocycles. The van der Waals surface area contributed by atoms with Gasteiger partial charge in [0.15, 0.2) is 12.1 Å². The standard InChI is InChI=1S/C30H33ClF2N8O2/c1-6-23(43)40-13-22(32)41(10-16(40)3)29-18-9-19(31)25(24-15(2)7-8-20-26(24)21(14-42)37-36-20)27(33)28(18)34-30(35-29)39-11-17(12-39)38(4)5/h6-9,16-17,22,42H,1,10-14H2,2-5H3,(H,36,37)/t16-,22-/m1/s1. The number of aliphatic hydroxyl groups excluding tert-OH is 1. The number of piperazine rings is 1. The molecule has 43 heavy (non-hydrogen) atoms. The molecule has 10 nitrogen and oxygen atoms in total. The van der Waals surface area contributed by atoms with Gasteiger partial charge in [0.1, 0.15) is 11.3 Å². The number of benzene rings is 2. The Bertz CT molecular complexity index is 1760. The van der Waals surface area contributed by atoms with E-state index < -0.39 is 12.1 Å². The largest absolute Gasteiger partial charge is 0.390 e. The third-order valence-corrected chi connectivity index (χ3v) is 8.85. The predicted molar refractivity (Wildman–Crippen MR) is 164 cm³/mol. The number of fused-ring (bicyclic) bond motifs is 2. The van der Waals surface area contributed by atoms with Crippen LogP contribution in [0.1, 0.15) is 18.2 Å². The summed E-state index contributed by atoms with van der Waals surface area (Å²) < 4.78 is 32.8. The minimum absolute atomic E-state index is 0.00241. The summed E-state index contributed by atoms with van der Waals surface area (Å²) in [6, 6.07) is 5.10. The molecule has 226 valence electrons. The Morgan fingerprint density at radius 1 is 1.23 bits per heavy atom. The van der Waals surface area contributed by atoms with E-state index in [0.29, 0.717) is 35.2 Å². The number of rotatable bonds is 6. The van der Waals surface area contributed by atoms with Crippen LogP contribution in [-0.4, -0.2) is 99.6 Å². The number of aromatic amines is 1. The first-order chi connectivity index (χ1) is 20.5. The summed E-state index contributed by atoms with van der Waals surface area (Å²) in [5.74, 6) is -0.545. The lowest BCUT2D eigenvalue weighted by atomic mass is 9.94. The van der Waals surface area contributed by atoms with E-state index in [1.165, 1.54) is 15.9 Å². The van der Waals surface area contributed by atoms with Crippen molar-refractivity contribution in [3.05, 3.63) is 53.0 Å². The summed E-state index contributed by atoms with van der Waals surface area (Å²) in [6.45, 7) is 8.05. The fourth-order valence-corrected chi connectivity index (χ4v) is 6.29. The Labute approximate surface area is 252 Å². The zero-order chi connectivity index (χ0) is 30.7. The molecule has 13 heteroatoms. The fourth-order valence-electron chi connectivity index (χ4n) is 6.00. The van der Waals surface area contributed by atoms with E-state index in [0.717, 1.165) is 5.56 Å². The molecule has 0 saturated carbocycles. The van der Waals surface area contributed by atoms with Crippen LogP contribution in [0.4, 0.5) is 20.5 Å². The van der Waals surface area contributed by atoms with Crippen LogP contribution in [0.5, 0.6) is 0 Å². The monoisotopic (exact) mass is 610 g/mol. The van der Waals surface area contributed by atoms with Crippen molar-refractivity contribution in [3.8, 4) is 11.1 Å². The van der Waals surface area contributed by atoms with Gasteiger partial charge in [-0.3, -0.25) is 9.89 Å². The topological polar surface area (TPSA) is 105 Å². The maximum atomic E-state index is 16.9. The van der Waals surface area contributed by atoms with Gasteiger partial charge in [-0.25, -0.2) is 13.8 Å². The number of carbonyl (C=O) groups excluding carboxylic acids is 1. The first-order valence-electron chi connectivity index (χ1n) is 14.1. The summed E-state index contributed by atoms with van der Waals surface area (Å²) in [6.07, 6.45) is -0.434. The molecular formula is C30H33ClF2N8O2. The second kappa shape index (κ2) is 11.0. The smallest absolute Gasteiger partial charge is 0.246 e. The van der Waals surface area contributed by atoms with Gasteiger partial charge in [0.2, 0.25) is 11.9 Å². The molecule has 2 aliphatic rings. The summed E-state index contributed by atoms with van der Waals surface area (Å²) in [5, 5.41) is 18.0. The lowest BCUT2D eigenvalue weighted by Crippen LogP contribution is -2.59. The number of anilines is 2. The van der Waals surface area contributed by atoms with Gasteiger partial charge in [0.05, 0.1) is 29.4 Å². The number of aromatic nitrogens is 4. The van der Waals surface area contributed by atoms with E-state index in [1.807, 2.05) is 38.9 Å². The number of nitrogens with one attached hydrogen (secondary N) is 1. The first-order valence-corrected chi connectivity index (χ1v) is 14.4. The Kier molecular flexibility index (Phi) is 7.47. The molecule has 2 aromatic carbocycles. The van der Waals surface area contributed by atoms with E-state index in [1.54, 1.807) is 12.1 Å². The predicted octanol–water partition coefficient (Wildman–Crippen LogP) is 4.04. The average Bonchev–Trinajstić information content (AvgIpc) is 3.37. The number of nitrogens with zero attached hydrogens (tertiary/aromatic N) is 7. The Morgan fingerprint density at radius 2 is 1.98 bits per heavy atom. The maximum absolute atomic E-state index is 16.9. The Hall–Kier alpha value is -3.87.